The van der Waals surface area contributed by atoms with E-state index in [1.165, 1.54) is 0 Å². The average molecular weight is 518 g/mol. The molecule has 12 heteroatoms. The van der Waals surface area contributed by atoms with Gasteiger partial charge in [0.15, 0.2) is 0 Å². The highest BCUT2D eigenvalue weighted by atomic mass is 32.1. The van der Waals surface area contributed by atoms with Crippen molar-refractivity contribution in [3.8, 4) is 0 Å². The molecule has 0 aliphatic heterocycles. The lowest BCUT2D eigenvalue weighted by atomic mass is 10.1. The first-order valence-corrected chi connectivity index (χ1v) is 11.5. The van der Waals surface area contributed by atoms with Gasteiger partial charge in [-0.25, -0.2) is 9.59 Å². The number of alkyl carbamates (subject to hydrolysis) is 1. The summed E-state index contributed by atoms with van der Waals surface area (Å²) in [4.78, 5) is 61.2. The van der Waals surface area contributed by atoms with Crippen LogP contribution in [-0.4, -0.2) is 64.4 Å². The number of benzene rings is 2. The number of carboxylic acid groups (broad SMARTS) is 2. The third-order valence-corrected chi connectivity index (χ3v) is 5.27. The maximum absolute atomic E-state index is 13.0. The predicted octanol–water partition coefficient (Wildman–Crippen LogP) is 1.68. The van der Waals surface area contributed by atoms with Crippen LogP contribution in [0.5, 0.6) is 0 Å². The standard InChI is InChI=1S/C24H27N3O8S/c28-20(12-11-18(23(32)33)26-24(34)35-14-16-7-3-1-4-8-16)25-19(15-36)22(31)27(13-21(29)30)17-9-5-2-6-10-17/h1-10,18-19,36H,11-15H2,(H,25,28)(H,26,34)(H,29,30)(H,32,33)/t18-,19-/m0/s1. The third-order valence-electron chi connectivity index (χ3n) is 4.91. The second-order valence-corrected chi connectivity index (χ2v) is 7.96. The number of carbonyl (C=O) groups excluding carboxylic acids is 3. The molecule has 0 bridgehead atoms. The highest BCUT2D eigenvalue weighted by Gasteiger charge is 2.28. The molecule has 0 aliphatic carbocycles. The maximum Gasteiger partial charge on any atom is 0.408 e. The van der Waals surface area contributed by atoms with Crippen molar-refractivity contribution >= 4 is 48.2 Å². The van der Waals surface area contributed by atoms with E-state index in [9.17, 15) is 34.2 Å². The molecule has 0 saturated carbocycles. The zero-order valence-electron chi connectivity index (χ0n) is 19.2. The molecule has 0 fully saturated rings. The topological polar surface area (TPSA) is 162 Å². The Morgan fingerprint density at radius 3 is 2.06 bits per heavy atom. The minimum atomic E-state index is -1.41. The van der Waals surface area contributed by atoms with E-state index in [1.807, 2.05) is 0 Å². The summed E-state index contributed by atoms with van der Waals surface area (Å²) >= 11 is 4.09. The van der Waals surface area contributed by atoms with Crippen LogP contribution in [-0.2, 0) is 30.5 Å². The molecule has 192 valence electrons. The van der Waals surface area contributed by atoms with Crippen molar-refractivity contribution in [1.82, 2.24) is 10.6 Å². The quantitative estimate of drug-likeness (QED) is 0.251. The maximum atomic E-state index is 13.0. The summed E-state index contributed by atoms with van der Waals surface area (Å²) in [7, 11) is 0. The lowest BCUT2D eigenvalue weighted by molar-refractivity contribution is -0.139. The summed E-state index contributed by atoms with van der Waals surface area (Å²) in [5.41, 5.74) is 1.05. The Morgan fingerprint density at radius 1 is 0.889 bits per heavy atom. The van der Waals surface area contributed by atoms with Crippen LogP contribution in [0.25, 0.3) is 0 Å². The van der Waals surface area contributed by atoms with E-state index in [0.717, 1.165) is 4.90 Å². The molecule has 11 nitrogen and oxygen atoms in total. The Morgan fingerprint density at radius 2 is 1.50 bits per heavy atom. The molecule has 2 atom stereocenters. The molecule has 0 aromatic heterocycles. The van der Waals surface area contributed by atoms with E-state index < -0.39 is 48.5 Å². The van der Waals surface area contributed by atoms with Crippen molar-refractivity contribution in [2.24, 2.45) is 0 Å². The highest BCUT2D eigenvalue weighted by Crippen LogP contribution is 2.15. The average Bonchev–Trinajstić information content (AvgIpc) is 2.87. The van der Waals surface area contributed by atoms with E-state index in [4.69, 9.17) is 4.74 Å². The predicted molar refractivity (Wildman–Crippen MR) is 133 cm³/mol. The molecule has 0 unspecified atom stereocenters. The summed E-state index contributed by atoms with van der Waals surface area (Å²) in [6.45, 7) is -0.682. The van der Waals surface area contributed by atoms with Gasteiger partial charge in [-0.3, -0.25) is 19.3 Å². The van der Waals surface area contributed by atoms with Crippen molar-refractivity contribution in [3.05, 3.63) is 66.2 Å². The smallest absolute Gasteiger partial charge is 0.408 e. The van der Waals surface area contributed by atoms with E-state index in [-0.39, 0.29) is 25.2 Å². The van der Waals surface area contributed by atoms with E-state index in [2.05, 4.69) is 23.3 Å². The van der Waals surface area contributed by atoms with Gasteiger partial charge in [-0.2, -0.15) is 12.6 Å². The van der Waals surface area contributed by atoms with Crippen molar-refractivity contribution in [3.63, 3.8) is 0 Å². The Bertz CT molecular complexity index is 1050. The zero-order valence-corrected chi connectivity index (χ0v) is 20.1. The lowest BCUT2D eigenvalue weighted by Crippen LogP contribution is -2.51. The fraction of sp³-hybridized carbons (Fsp3) is 0.292. The summed E-state index contributed by atoms with van der Waals surface area (Å²) in [6.07, 6.45) is -1.56. The van der Waals surface area contributed by atoms with E-state index in [0.29, 0.717) is 11.3 Å². The number of anilines is 1. The van der Waals surface area contributed by atoms with Crippen molar-refractivity contribution < 1.29 is 38.9 Å². The Hall–Kier alpha value is -4.06. The molecule has 0 aliphatic rings. The molecule has 2 rings (SSSR count). The molecule has 2 aromatic rings. The number of nitrogens with zero attached hydrogens (tertiary/aromatic N) is 1. The van der Waals surface area contributed by atoms with E-state index in [1.54, 1.807) is 60.7 Å². The van der Waals surface area contributed by atoms with Crippen LogP contribution in [0, 0.1) is 0 Å². The van der Waals surface area contributed by atoms with Gasteiger partial charge < -0.3 is 25.6 Å². The first-order chi connectivity index (χ1) is 17.2. The fourth-order valence-electron chi connectivity index (χ4n) is 3.12. The molecular weight excluding hydrogens is 490 g/mol. The van der Waals surface area contributed by atoms with Gasteiger partial charge >= 0.3 is 18.0 Å². The summed E-state index contributed by atoms with van der Waals surface area (Å²) in [5, 5.41) is 23.2. The lowest BCUT2D eigenvalue weighted by Gasteiger charge is -2.26. The first kappa shape index (κ1) is 28.2. The van der Waals surface area contributed by atoms with Gasteiger partial charge in [-0.1, -0.05) is 48.5 Å². The molecule has 0 heterocycles. The molecular formula is C24H27N3O8S. The second-order valence-electron chi connectivity index (χ2n) is 7.59. The van der Waals surface area contributed by atoms with Crippen LogP contribution in [0.1, 0.15) is 18.4 Å². The number of para-hydroxylation sites is 1. The van der Waals surface area contributed by atoms with Gasteiger partial charge in [0, 0.05) is 17.9 Å². The second kappa shape index (κ2) is 14.4. The number of ether oxygens (including phenoxy) is 1. The molecule has 4 N–H and O–H groups in total. The SMILES string of the molecule is O=C(O)CN(C(=O)[C@H](CS)NC(=O)CC[C@H](NC(=O)OCc1ccccc1)C(=O)O)c1ccccc1. The molecule has 0 spiro atoms. The Labute approximate surface area is 212 Å². The van der Waals surface area contributed by atoms with Gasteiger partial charge in [0.25, 0.3) is 5.91 Å². The minimum absolute atomic E-state index is 0.0561. The number of thiol groups is 1. The third kappa shape index (κ3) is 9.29. The Kier molecular flexibility index (Phi) is 11.2. The number of carboxylic acids is 2. The fourth-order valence-corrected chi connectivity index (χ4v) is 3.37. The number of hydrogen-bond acceptors (Lipinski definition) is 7. The number of nitrogens with one attached hydrogen (secondary N) is 2. The van der Waals surface area contributed by atoms with Crippen molar-refractivity contribution in [1.29, 1.82) is 0 Å². The number of carbonyl (C=O) groups is 5. The molecule has 0 saturated heterocycles. The molecule has 0 radical (unpaired) electrons. The summed E-state index contributed by atoms with van der Waals surface area (Å²) in [6, 6.07) is 14.3. The van der Waals surface area contributed by atoms with Gasteiger partial charge in [-0.15, -0.1) is 0 Å². The molecule has 36 heavy (non-hydrogen) atoms. The van der Waals surface area contributed by atoms with Crippen LogP contribution in [0.4, 0.5) is 10.5 Å². The van der Waals surface area contributed by atoms with Crippen LogP contribution < -0.4 is 15.5 Å². The van der Waals surface area contributed by atoms with Gasteiger partial charge in [0.05, 0.1) is 0 Å². The molecule has 2 aromatic carbocycles. The van der Waals surface area contributed by atoms with Crippen LogP contribution in [0.2, 0.25) is 0 Å². The minimum Gasteiger partial charge on any atom is -0.480 e. The van der Waals surface area contributed by atoms with Gasteiger partial charge in [-0.05, 0) is 24.1 Å². The van der Waals surface area contributed by atoms with Crippen molar-refractivity contribution in [2.45, 2.75) is 31.5 Å². The summed E-state index contributed by atoms with van der Waals surface area (Å²) < 4.78 is 5.01. The largest absolute Gasteiger partial charge is 0.480 e. The number of aliphatic carboxylic acids is 2. The van der Waals surface area contributed by atoms with E-state index >= 15 is 0 Å². The van der Waals surface area contributed by atoms with Crippen molar-refractivity contribution in [2.75, 3.05) is 17.2 Å². The van der Waals surface area contributed by atoms with Gasteiger partial charge in [0.1, 0.15) is 25.2 Å². The van der Waals surface area contributed by atoms with Crippen LogP contribution >= 0.6 is 12.6 Å². The number of rotatable bonds is 13. The zero-order chi connectivity index (χ0) is 26.5. The first-order valence-electron chi connectivity index (χ1n) is 10.9. The molecule has 3 amide bonds. The highest BCUT2D eigenvalue weighted by molar-refractivity contribution is 7.80. The van der Waals surface area contributed by atoms with Gasteiger partial charge in [0.2, 0.25) is 5.91 Å². The number of hydrogen-bond donors (Lipinski definition) is 5. The Balaban J connectivity index is 1.93. The van der Waals surface area contributed by atoms with Crippen LogP contribution in [0.15, 0.2) is 60.7 Å². The van der Waals surface area contributed by atoms with Crippen LogP contribution in [0.3, 0.4) is 0 Å². The number of amides is 3. The monoisotopic (exact) mass is 517 g/mol. The summed E-state index contributed by atoms with van der Waals surface area (Å²) in [5.74, 6) is -4.09. The normalized spacial score (nSPS) is 12.0.